The molecule has 2 rings (SSSR count). The van der Waals surface area contributed by atoms with Gasteiger partial charge in [-0.3, -0.25) is 4.98 Å². The van der Waals surface area contributed by atoms with Crippen LogP contribution in [0.2, 0.25) is 0 Å². The highest BCUT2D eigenvalue weighted by molar-refractivity contribution is 5.26. The molecular formula is C14H16N2O. The molecule has 0 spiro atoms. The van der Waals surface area contributed by atoms with Crippen LogP contribution >= 0.6 is 0 Å². The van der Waals surface area contributed by atoms with Gasteiger partial charge in [-0.2, -0.15) is 0 Å². The summed E-state index contributed by atoms with van der Waals surface area (Å²) in [7, 11) is 0. The molecule has 17 heavy (non-hydrogen) atoms. The monoisotopic (exact) mass is 228 g/mol. The minimum atomic E-state index is -0.197. The maximum atomic E-state index is 5.99. The molecule has 0 aliphatic heterocycles. The highest BCUT2D eigenvalue weighted by Gasteiger charge is 2.07. The number of benzene rings is 1. The summed E-state index contributed by atoms with van der Waals surface area (Å²) in [6, 6.07) is 13.4. The molecule has 0 aliphatic carbocycles. The molecule has 3 heteroatoms. The van der Waals surface area contributed by atoms with Crippen LogP contribution in [-0.2, 0) is 0 Å². The van der Waals surface area contributed by atoms with Crippen LogP contribution < -0.4 is 10.5 Å². The highest BCUT2D eigenvalue weighted by Crippen LogP contribution is 2.14. The van der Waals surface area contributed by atoms with E-state index < -0.39 is 0 Å². The minimum Gasteiger partial charge on any atom is -0.492 e. The van der Waals surface area contributed by atoms with Gasteiger partial charge < -0.3 is 10.5 Å². The van der Waals surface area contributed by atoms with E-state index in [-0.39, 0.29) is 6.04 Å². The number of rotatable bonds is 4. The highest BCUT2D eigenvalue weighted by atomic mass is 16.5. The first kappa shape index (κ1) is 11.6. The maximum Gasteiger partial charge on any atom is 0.119 e. The summed E-state index contributed by atoms with van der Waals surface area (Å²) < 4.78 is 5.61. The number of aromatic nitrogens is 1. The molecule has 1 aromatic heterocycles. The van der Waals surface area contributed by atoms with Crippen LogP contribution in [0.5, 0.6) is 5.75 Å². The quantitative estimate of drug-likeness (QED) is 0.874. The van der Waals surface area contributed by atoms with E-state index >= 15 is 0 Å². The lowest BCUT2D eigenvalue weighted by Gasteiger charge is -2.12. The Balaban J connectivity index is 1.92. The van der Waals surface area contributed by atoms with Gasteiger partial charge in [0.25, 0.3) is 0 Å². The molecule has 1 aromatic carbocycles. The Kier molecular flexibility index (Phi) is 3.73. The fraction of sp³-hybridized carbons (Fsp3) is 0.214. The predicted octanol–water partition coefficient (Wildman–Crippen LogP) is 2.47. The van der Waals surface area contributed by atoms with Gasteiger partial charge in [0, 0.05) is 6.20 Å². The van der Waals surface area contributed by atoms with Gasteiger partial charge in [-0.05, 0) is 31.2 Å². The third-order valence-electron chi connectivity index (χ3n) is 2.52. The van der Waals surface area contributed by atoms with E-state index in [2.05, 4.69) is 4.98 Å². The fourth-order valence-corrected chi connectivity index (χ4v) is 1.50. The Morgan fingerprint density at radius 3 is 2.59 bits per heavy atom. The Morgan fingerprint density at radius 1 is 1.18 bits per heavy atom. The summed E-state index contributed by atoms with van der Waals surface area (Å²) in [6.07, 6.45) is 1.74. The zero-order chi connectivity index (χ0) is 12.1. The largest absolute Gasteiger partial charge is 0.492 e. The van der Waals surface area contributed by atoms with Gasteiger partial charge in [-0.15, -0.1) is 0 Å². The van der Waals surface area contributed by atoms with Crippen LogP contribution in [-0.4, -0.2) is 11.6 Å². The van der Waals surface area contributed by atoms with Gasteiger partial charge in [-0.25, -0.2) is 0 Å². The van der Waals surface area contributed by atoms with Crippen molar-refractivity contribution < 1.29 is 4.74 Å². The Morgan fingerprint density at radius 2 is 1.94 bits per heavy atom. The van der Waals surface area contributed by atoms with Gasteiger partial charge in [0.2, 0.25) is 0 Å². The molecule has 0 amide bonds. The maximum absolute atomic E-state index is 5.99. The number of pyridine rings is 1. The van der Waals surface area contributed by atoms with Crippen molar-refractivity contribution in [3.63, 3.8) is 0 Å². The van der Waals surface area contributed by atoms with Crippen molar-refractivity contribution in [2.75, 3.05) is 6.61 Å². The van der Waals surface area contributed by atoms with E-state index in [0.717, 1.165) is 11.4 Å². The summed E-state index contributed by atoms with van der Waals surface area (Å²) >= 11 is 0. The van der Waals surface area contributed by atoms with Crippen molar-refractivity contribution in [1.29, 1.82) is 0 Å². The summed E-state index contributed by atoms with van der Waals surface area (Å²) in [4.78, 5) is 4.20. The molecule has 3 nitrogen and oxygen atoms in total. The fourth-order valence-electron chi connectivity index (χ4n) is 1.50. The number of nitrogens with two attached hydrogens (primary N) is 1. The topological polar surface area (TPSA) is 48.1 Å². The van der Waals surface area contributed by atoms with Crippen LogP contribution in [0.1, 0.15) is 17.3 Å². The lowest BCUT2D eigenvalue weighted by molar-refractivity contribution is 0.288. The Hall–Kier alpha value is -1.87. The smallest absolute Gasteiger partial charge is 0.119 e. The first-order chi connectivity index (χ1) is 8.25. The Labute approximate surface area is 101 Å². The molecule has 2 N–H and O–H groups in total. The summed E-state index contributed by atoms with van der Waals surface area (Å²) in [5.41, 5.74) is 8.05. The number of ether oxygens (including phenoxy) is 1. The predicted molar refractivity (Wildman–Crippen MR) is 67.8 cm³/mol. The van der Waals surface area contributed by atoms with Crippen LogP contribution in [0.3, 0.4) is 0 Å². The normalized spacial score (nSPS) is 12.1. The molecule has 0 fully saturated rings. The minimum absolute atomic E-state index is 0.197. The van der Waals surface area contributed by atoms with E-state index in [0.29, 0.717) is 6.61 Å². The number of hydrogen-bond donors (Lipinski definition) is 1. The molecule has 0 saturated carbocycles. The molecule has 2 aromatic rings. The van der Waals surface area contributed by atoms with Crippen molar-refractivity contribution in [2.45, 2.75) is 13.0 Å². The van der Waals surface area contributed by atoms with Gasteiger partial charge in [0.05, 0.1) is 11.7 Å². The molecular weight excluding hydrogens is 212 g/mol. The molecule has 0 saturated heterocycles. The van der Waals surface area contributed by atoms with Crippen LogP contribution in [0, 0.1) is 6.92 Å². The zero-order valence-corrected chi connectivity index (χ0v) is 9.84. The SMILES string of the molecule is Cc1ccc(OCC(N)c2ccccn2)cc1. The molecule has 0 aliphatic rings. The van der Waals surface area contributed by atoms with E-state index in [1.807, 2.05) is 49.4 Å². The second-order valence-electron chi connectivity index (χ2n) is 3.99. The molecule has 1 unspecified atom stereocenters. The average molecular weight is 228 g/mol. The van der Waals surface area contributed by atoms with E-state index in [4.69, 9.17) is 10.5 Å². The van der Waals surface area contributed by atoms with Crippen molar-refractivity contribution >= 4 is 0 Å². The van der Waals surface area contributed by atoms with E-state index in [9.17, 15) is 0 Å². The first-order valence-corrected chi connectivity index (χ1v) is 5.61. The van der Waals surface area contributed by atoms with E-state index in [1.165, 1.54) is 5.56 Å². The first-order valence-electron chi connectivity index (χ1n) is 5.61. The van der Waals surface area contributed by atoms with Crippen LogP contribution in [0.25, 0.3) is 0 Å². The molecule has 0 bridgehead atoms. The van der Waals surface area contributed by atoms with Gasteiger partial charge in [-0.1, -0.05) is 23.8 Å². The van der Waals surface area contributed by atoms with Crippen molar-refractivity contribution in [1.82, 2.24) is 4.98 Å². The number of nitrogens with zero attached hydrogens (tertiary/aromatic N) is 1. The number of hydrogen-bond acceptors (Lipinski definition) is 3. The lowest BCUT2D eigenvalue weighted by Crippen LogP contribution is -2.20. The van der Waals surface area contributed by atoms with Crippen LogP contribution in [0.15, 0.2) is 48.7 Å². The lowest BCUT2D eigenvalue weighted by atomic mass is 10.2. The Bertz CT molecular complexity index is 453. The van der Waals surface area contributed by atoms with Crippen molar-refractivity contribution in [3.8, 4) is 5.75 Å². The van der Waals surface area contributed by atoms with Crippen LogP contribution in [0.4, 0.5) is 0 Å². The molecule has 1 atom stereocenters. The molecule has 88 valence electrons. The van der Waals surface area contributed by atoms with Gasteiger partial charge in [0.15, 0.2) is 0 Å². The van der Waals surface area contributed by atoms with Gasteiger partial charge >= 0.3 is 0 Å². The third kappa shape index (κ3) is 3.29. The second-order valence-corrected chi connectivity index (χ2v) is 3.99. The van der Waals surface area contributed by atoms with Crippen molar-refractivity contribution in [3.05, 3.63) is 59.9 Å². The molecule has 1 heterocycles. The third-order valence-corrected chi connectivity index (χ3v) is 2.52. The summed E-state index contributed by atoms with van der Waals surface area (Å²) in [5.74, 6) is 0.835. The van der Waals surface area contributed by atoms with E-state index in [1.54, 1.807) is 6.20 Å². The van der Waals surface area contributed by atoms with Gasteiger partial charge in [0.1, 0.15) is 12.4 Å². The zero-order valence-electron chi connectivity index (χ0n) is 9.84. The average Bonchev–Trinajstić information content (AvgIpc) is 2.39. The standard InChI is InChI=1S/C14H16N2O/c1-11-5-7-12(8-6-11)17-10-13(15)14-4-2-3-9-16-14/h2-9,13H,10,15H2,1H3. The molecule has 0 radical (unpaired) electrons. The number of aryl methyl sites for hydroxylation is 1. The summed E-state index contributed by atoms with van der Waals surface area (Å²) in [5, 5.41) is 0. The van der Waals surface area contributed by atoms with Crippen molar-refractivity contribution in [2.24, 2.45) is 5.73 Å². The second kappa shape index (κ2) is 5.46. The summed E-state index contributed by atoms with van der Waals surface area (Å²) in [6.45, 7) is 2.48.